The van der Waals surface area contributed by atoms with Crippen molar-refractivity contribution >= 4 is 22.5 Å². The molecule has 0 aromatic heterocycles. The summed E-state index contributed by atoms with van der Waals surface area (Å²) in [6, 6.07) is 8.02. The Morgan fingerprint density at radius 1 is 1.24 bits per heavy atom. The van der Waals surface area contributed by atoms with Gasteiger partial charge in [-0.3, -0.25) is 4.21 Å². The van der Waals surface area contributed by atoms with Crippen LogP contribution in [0.4, 0.5) is 10.5 Å². The Morgan fingerprint density at radius 2 is 1.90 bits per heavy atom. The van der Waals surface area contributed by atoms with Crippen LogP contribution in [0.1, 0.15) is 12.5 Å². The van der Waals surface area contributed by atoms with Gasteiger partial charge in [0.05, 0.1) is 0 Å². The van der Waals surface area contributed by atoms with Gasteiger partial charge in [-0.15, -0.1) is 0 Å². The van der Waals surface area contributed by atoms with E-state index in [2.05, 4.69) is 41.5 Å². The molecule has 2 N–H and O–H groups in total. The van der Waals surface area contributed by atoms with E-state index >= 15 is 0 Å². The Morgan fingerprint density at radius 3 is 2.52 bits per heavy atom. The van der Waals surface area contributed by atoms with Gasteiger partial charge in [-0.2, -0.15) is 0 Å². The van der Waals surface area contributed by atoms with Gasteiger partial charge >= 0.3 is 6.03 Å². The molecular weight excluding hydrogens is 286 g/mol. The lowest BCUT2D eigenvalue weighted by atomic mass is 10.2. The van der Waals surface area contributed by atoms with E-state index in [1.807, 2.05) is 12.1 Å². The summed E-state index contributed by atoms with van der Waals surface area (Å²) in [5, 5.41) is 5.52. The molecule has 0 radical (unpaired) electrons. The maximum Gasteiger partial charge on any atom is 0.314 e. The first-order chi connectivity index (χ1) is 10.0. The van der Waals surface area contributed by atoms with Crippen LogP contribution in [-0.4, -0.2) is 48.4 Å². The Bertz CT molecular complexity index is 480. The SMILES string of the molecule is CCN(CCNC(=O)NCC[S@](C)=O)c1ccccc1C. The average molecular weight is 311 g/mol. The van der Waals surface area contributed by atoms with Gasteiger partial charge in [0, 0.05) is 54.7 Å². The standard InChI is InChI=1S/C15H25N3O2S/c1-4-18(14-8-6-5-7-13(14)2)11-9-16-15(19)17-10-12-21(3)20/h5-8H,4,9-12H2,1-3H3,(H2,16,17,19)/t21-/m0/s1. The third-order valence-corrected chi connectivity index (χ3v) is 3.96. The van der Waals surface area contributed by atoms with Crippen LogP contribution in [0.15, 0.2) is 24.3 Å². The summed E-state index contributed by atoms with van der Waals surface area (Å²) in [6.07, 6.45) is 1.63. The van der Waals surface area contributed by atoms with Crippen molar-refractivity contribution in [2.45, 2.75) is 13.8 Å². The van der Waals surface area contributed by atoms with Crippen molar-refractivity contribution in [1.82, 2.24) is 10.6 Å². The first-order valence-electron chi connectivity index (χ1n) is 7.17. The number of nitrogens with zero attached hydrogens (tertiary/aromatic N) is 1. The highest BCUT2D eigenvalue weighted by molar-refractivity contribution is 7.84. The monoisotopic (exact) mass is 311 g/mol. The molecule has 2 amide bonds. The molecule has 21 heavy (non-hydrogen) atoms. The molecule has 0 aliphatic carbocycles. The van der Waals surface area contributed by atoms with E-state index in [1.54, 1.807) is 6.26 Å². The minimum absolute atomic E-state index is 0.207. The number of urea groups is 1. The largest absolute Gasteiger partial charge is 0.370 e. The number of hydrogen-bond acceptors (Lipinski definition) is 3. The van der Waals surface area contributed by atoms with Gasteiger partial charge in [0.15, 0.2) is 0 Å². The maximum absolute atomic E-state index is 11.6. The summed E-state index contributed by atoms with van der Waals surface area (Å²) < 4.78 is 10.9. The highest BCUT2D eigenvalue weighted by Crippen LogP contribution is 2.18. The van der Waals surface area contributed by atoms with Gasteiger partial charge in [0.25, 0.3) is 0 Å². The van der Waals surface area contributed by atoms with Crippen LogP contribution in [0.2, 0.25) is 0 Å². The fraction of sp³-hybridized carbons (Fsp3) is 0.533. The Balaban J connectivity index is 2.34. The molecule has 0 bridgehead atoms. The molecule has 118 valence electrons. The van der Waals surface area contributed by atoms with Gasteiger partial charge in [0.2, 0.25) is 0 Å². The van der Waals surface area contributed by atoms with E-state index in [0.29, 0.717) is 18.8 Å². The number of para-hydroxylation sites is 1. The summed E-state index contributed by atoms with van der Waals surface area (Å²) in [5.41, 5.74) is 2.43. The Labute approximate surface area is 129 Å². The van der Waals surface area contributed by atoms with Crippen LogP contribution in [0.25, 0.3) is 0 Å². The van der Waals surface area contributed by atoms with E-state index in [4.69, 9.17) is 0 Å². The number of nitrogens with one attached hydrogen (secondary N) is 2. The molecule has 0 spiro atoms. The Hall–Kier alpha value is -1.56. The van der Waals surface area contributed by atoms with E-state index in [9.17, 15) is 9.00 Å². The van der Waals surface area contributed by atoms with Crippen LogP contribution in [0, 0.1) is 6.92 Å². The van der Waals surface area contributed by atoms with E-state index < -0.39 is 10.8 Å². The van der Waals surface area contributed by atoms with Crippen LogP contribution < -0.4 is 15.5 Å². The summed E-state index contributed by atoms with van der Waals surface area (Å²) in [5.74, 6) is 0.484. The lowest BCUT2D eigenvalue weighted by Crippen LogP contribution is -2.41. The minimum atomic E-state index is -0.875. The number of rotatable bonds is 8. The third kappa shape index (κ3) is 6.62. The molecule has 0 fully saturated rings. The number of aryl methyl sites for hydroxylation is 1. The van der Waals surface area contributed by atoms with Crippen LogP contribution in [0.3, 0.4) is 0 Å². The lowest BCUT2D eigenvalue weighted by molar-refractivity contribution is 0.241. The minimum Gasteiger partial charge on any atom is -0.370 e. The summed E-state index contributed by atoms with van der Waals surface area (Å²) in [6.45, 7) is 6.84. The second-order valence-electron chi connectivity index (χ2n) is 4.83. The fourth-order valence-electron chi connectivity index (χ4n) is 2.04. The smallest absolute Gasteiger partial charge is 0.314 e. The number of benzene rings is 1. The van der Waals surface area contributed by atoms with E-state index in [0.717, 1.165) is 13.1 Å². The molecule has 0 saturated heterocycles. The van der Waals surface area contributed by atoms with Gasteiger partial charge in [-0.05, 0) is 25.5 Å². The summed E-state index contributed by atoms with van der Waals surface area (Å²) in [4.78, 5) is 13.8. The molecular formula is C15H25N3O2S. The molecule has 0 aliphatic rings. The highest BCUT2D eigenvalue weighted by atomic mass is 32.2. The predicted molar refractivity (Wildman–Crippen MR) is 89.4 cm³/mol. The number of carbonyl (C=O) groups is 1. The van der Waals surface area contributed by atoms with Crippen molar-refractivity contribution < 1.29 is 9.00 Å². The predicted octanol–water partition coefficient (Wildman–Crippen LogP) is 1.50. The van der Waals surface area contributed by atoms with Gasteiger partial charge in [-0.1, -0.05) is 18.2 Å². The summed E-state index contributed by atoms with van der Waals surface area (Å²) >= 11 is 0. The summed E-state index contributed by atoms with van der Waals surface area (Å²) in [7, 11) is -0.875. The number of hydrogen-bond donors (Lipinski definition) is 2. The van der Waals surface area contributed by atoms with Gasteiger partial charge in [-0.25, -0.2) is 4.79 Å². The van der Waals surface area contributed by atoms with Crippen LogP contribution in [0.5, 0.6) is 0 Å². The third-order valence-electron chi connectivity index (χ3n) is 3.18. The van der Waals surface area contributed by atoms with Crippen molar-refractivity contribution in [2.24, 2.45) is 0 Å². The fourth-order valence-corrected chi connectivity index (χ4v) is 2.43. The van der Waals surface area contributed by atoms with Gasteiger partial charge in [0.1, 0.15) is 0 Å². The normalized spacial score (nSPS) is 11.8. The molecule has 1 aromatic carbocycles. The zero-order valence-corrected chi connectivity index (χ0v) is 13.8. The molecule has 0 heterocycles. The zero-order valence-electron chi connectivity index (χ0n) is 13.0. The molecule has 1 rings (SSSR count). The first-order valence-corrected chi connectivity index (χ1v) is 8.89. The Kier molecular flexibility index (Phi) is 7.82. The van der Waals surface area contributed by atoms with Crippen molar-refractivity contribution in [3.63, 3.8) is 0 Å². The van der Waals surface area contributed by atoms with Gasteiger partial charge < -0.3 is 15.5 Å². The number of anilines is 1. The maximum atomic E-state index is 11.6. The molecule has 1 aromatic rings. The van der Waals surface area contributed by atoms with Crippen LogP contribution >= 0.6 is 0 Å². The molecule has 0 unspecified atom stereocenters. The van der Waals surface area contributed by atoms with Crippen molar-refractivity contribution in [3.05, 3.63) is 29.8 Å². The van der Waals surface area contributed by atoms with Crippen molar-refractivity contribution in [2.75, 3.05) is 43.1 Å². The average Bonchev–Trinajstić information content (AvgIpc) is 2.44. The molecule has 6 heteroatoms. The first kappa shape index (κ1) is 17.5. The molecule has 0 saturated carbocycles. The van der Waals surface area contributed by atoms with E-state index in [1.165, 1.54) is 11.3 Å². The number of amides is 2. The van der Waals surface area contributed by atoms with Crippen molar-refractivity contribution in [1.29, 1.82) is 0 Å². The second kappa shape index (κ2) is 9.39. The molecule has 0 aliphatic heterocycles. The van der Waals surface area contributed by atoms with E-state index in [-0.39, 0.29) is 6.03 Å². The van der Waals surface area contributed by atoms with Crippen LogP contribution in [-0.2, 0) is 10.8 Å². The lowest BCUT2D eigenvalue weighted by Gasteiger charge is -2.25. The quantitative estimate of drug-likeness (QED) is 0.765. The molecule has 1 atom stereocenters. The number of likely N-dealkylation sites (N-methyl/N-ethyl adjacent to an activating group) is 1. The van der Waals surface area contributed by atoms with Crippen molar-refractivity contribution in [3.8, 4) is 0 Å². The zero-order chi connectivity index (χ0) is 15.7. The second-order valence-corrected chi connectivity index (χ2v) is 6.38. The highest BCUT2D eigenvalue weighted by Gasteiger charge is 2.07. The topological polar surface area (TPSA) is 61.4 Å². The number of carbonyl (C=O) groups excluding carboxylic acids is 1. The molecule has 5 nitrogen and oxygen atoms in total.